The van der Waals surface area contributed by atoms with E-state index in [0.717, 1.165) is 11.1 Å². The molecule has 26 heavy (non-hydrogen) atoms. The number of benzene rings is 1. The van der Waals surface area contributed by atoms with Gasteiger partial charge in [0.15, 0.2) is 10.8 Å². The van der Waals surface area contributed by atoms with Gasteiger partial charge in [-0.15, -0.1) is 0 Å². The van der Waals surface area contributed by atoms with Crippen molar-refractivity contribution in [1.29, 1.82) is 0 Å². The summed E-state index contributed by atoms with van der Waals surface area (Å²) in [6.07, 6.45) is 4.69. The summed E-state index contributed by atoms with van der Waals surface area (Å²) in [6, 6.07) is 7.23. The smallest absolute Gasteiger partial charge is 0.290 e. The molecule has 1 aliphatic rings. The Morgan fingerprint density at radius 2 is 1.88 bits per heavy atom. The van der Waals surface area contributed by atoms with E-state index >= 15 is 0 Å². The van der Waals surface area contributed by atoms with Gasteiger partial charge in [0.1, 0.15) is 0 Å². The molecule has 2 aromatic rings. The fourth-order valence-electron chi connectivity index (χ4n) is 3.38. The Hall–Kier alpha value is -2.48. The van der Waals surface area contributed by atoms with Crippen LogP contribution in [-0.2, 0) is 7.05 Å². The predicted molar refractivity (Wildman–Crippen MR) is 105 cm³/mol. The number of nitrogens with one attached hydrogen (secondary N) is 3. The van der Waals surface area contributed by atoms with E-state index < -0.39 is 5.91 Å². The topological polar surface area (TPSA) is 88.0 Å². The highest BCUT2D eigenvalue weighted by atomic mass is 32.1. The van der Waals surface area contributed by atoms with E-state index in [1.165, 1.54) is 26.3 Å². The molecule has 7 nitrogen and oxygen atoms in total. The third-order valence-corrected chi connectivity index (χ3v) is 5.11. The second kappa shape index (κ2) is 7.82. The molecule has 8 heteroatoms. The lowest BCUT2D eigenvalue weighted by molar-refractivity contribution is 0.0938. The van der Waals surface area contributed by atoms with E-state index in [1.807, 2.05) is 0 Å². The maximum absolute atomic E-state index is 12.5. The Balaban J connectivity index is 1.69. The first-order valence-corrected chi connectivity index (χ1v) is 9.21. The van der Waals surface area contributed by atoms with Crippen LogP contribution >= 0.6 is 12.2 Å². The van der Waals surface area contributed by atoms with Crippen LogP contribution in [0, 0.1) is 5.92 Å². The minimum atomic E-state index is -0.447. The third kappa shape index (κ3) is 3.85. The average molecular weight is 373 g/mol. The monoisotopic (exact) mass is 373 g/mol. The van der Waals surface area contributed by atoms with Crippen LogP contribution in [0.15, 0.2) is 29.1 Å². The first-order chi connectivity index (χ1) is 12.5. The molecule has 1 aromatic heterocycles. The molecule has 1 aliphatic carbocycles. The number of amides is 1. The Bertz CT molecular complexity index is 895. The number of carbonyl (C=O) groups is 1. The van der Waals surface area contributed by atoms with Crippen LogP contribution in [-0.4, -0.2) is 26.8 Å². The molecule has 0 bridgehead atoms. The lowest BCUT2D eigenvalue weighted by Crippen LogP contribution is -2.51. The highest BCUT2D eigenvalue weighted by molar-refractivity contribution is 7.80. The Labute approximate surface area is 157 Å². The van der Waals surface area contributed by atoms with Crippen LogP contribution in [0.4, 0.5) is 0 Å². The van der Waals surface area contributed by atoms with Crippen LogP contribution in [0.3, 0.4) is 0 Å². The van der Waals surface area contributed by atoms with E-state index in [4.69, 9.17) is 12.2 Å². The molecule has 3 N–H and O–H groups in total. The number of hydrogen-bond donors (Lipinski definition) is 3. The molecular weight excluding hydrogens is 350 g/mol. The van der Waals surface area contributed by atoms with Crippen LogP contribution in [0.1, 0.15) is 43.1 Å². The maximum Gasteiger partial charge on any atom is 0.290 e. The molecule has 2 atom stereocenters. The van der Waals surface area contributed by atoms with Crippen LogP contribution in [0.2, 0.25) is 0 Å². The second-order valence-corrected chi connectivity index (χ2v) is 7.15. The molecule has 0 spiro atoms. The van der Waals surface area contributed by atoms with Crippen molar-refractivity contribution in [3.8, 4) is 0 Å². The van der Waals surface area contributed by atoms with Gasteiger partial charge in [-0.05, 0) is 37.0 Å². The van der Waals surface area contributed by atoms with Crippen molar-refractivity contribution in [3.63, 3.8) is 0 Å². The fourth-order valence-corrected chi connectivity index (χ4v) is 3.58. The van der Waals surface area contributed by atoms with Crippen molar-refractivity contribution in [3.05, 3.63) is 40.3 Å². The lowest BCUT2D eigenvalue weighted by Gasteiger charge is -2.30. The first kappa shape index (κ1) is 18.3. The highest BCUT2D eigenvalue weighted by Crippen LogP contribution is 2.23. The van der Waals surface area contributed by atoms with Gasteiger partial charge in [-0.3, -0.25) is 20.4 Å². The van der Waals surface area contributed by atoms with Crippen molar-refractivity contribution in [2.75, 3.05) is 0 Å². The quantitative estimate of drug-likeness (QED) is 0.548. The second-order valence-electron chi connectivity index (χ2n) is 6.74. The number of aromatic nitrogens is 2. The van der Waals surface area contributed by atoms with Crippen molar-refractivity contribution < 1.29 is 4.79 Å². The Morgan fingerprint density at radius 3 is 2.62 bits per heavy atom. The van der Waals surface area contributed by atoms with E-state index in [2.05, 4.69) is 28.2 Å². The largest absolute Gasteiger partial charge is 0.358 e. The summed E-state index contributed by atoms with van der Waals surface area (Å²) in [7, 11) is 1.52. The average Bonchev–Trinajstić information content (AvgIpc) is 2.64. The predicted octanol–water partition coefficient (Wildman–Crippen LogP) is 1.62. The number of fused-ring (bicyclic) bond motifs is 1. The Kier molecular flexibility index (Phi) is 5.51. The van der Waals surface area contributed by atoms with Crippen molar-refractivity contribution in [2.24, 2.45) is 13.0 Å². The highest BCUT2D eigenvalue weighted by Gasteiger charge is 2.22. The zero-order chi connectivity index (χ0) is 18.7. The summed E-state index contributed by atoms with van der Waals surface area (Å²) in [5, 5.41) is 8.70. The molecule has 1 fully saturated rings. The van der Waals surface area contributed by atoms with Crippen LogP contribution < -0.4 is 21.7 Å². The number of hydrogen-bond acceptors (Lipinski definition) is 4. The fraction of sp³-hybridized carbons (Fsp3) is 0.444. The summed E-state index contributed by atoms with van der Waals surface area (Å²) in [5.41, 5.74) is 5.24. The molecule has 0 unspecified atom stereocenters. The van der Waals surface area contributed by atoms with Gasteiger partial charge in [0.05, 0.1) is 5.39 Å². The standard InChI is InChI=1S/C18H23N5O2S/c1-11-7-3-6-10-14(11)19-18(26)21-20-16(24)15-12-8-4-5-9-13(12)17(25)23(2)22-15/h4-5,8-9,11,14H,3,6-7,10H2,1-2H3,(H,20,24)(H2,19,21,26)/t11-,14+/m1/s1. The van der Waals surface area contributed by atoms with E-state index in [1.54, 1.807) is 24.3 Å². The molecule has 1 aromatic carbocycles. The van der Waals surface area contributed by atoms with Crippen LogP contribution in [0.25, 0.3) is 10.8 Å². The SMILES string of the molecule is C[C@@H]1CCCC[C@@H]1NC(=S)NNC(=O)c1nn(C)c(=O)c2ccccc12. The van der Waals surface area contributed by atoms with Crippen LogP contribution in [0.5, 0.6) is 0 Å². The molecular formula is C18H23N5O2S. The summed E-state index contributed by atoms with van der Waals surface area (Å²) < 4.78 is 1.16. The summed E-state index contributed by atoms with van der Waals surface area (Å²) in [5.74, 6) is 0.103. The minimum absolute atomic E-state index is 0.170. The molecule has 138 valence electrons. The Morgan fingerprint density at radius 1 is 1.19 bits per heavy atom. The molecule has 1 amide bonds. The molecule has 1 saturated carbocycles. The van der Waals surface area contributed by atoms with Crippen molar-refractivity contribution in [1.82, 2.24) is 25.9 Å². The zero-order valence-corrected chi connectivity index (χ0v) is 15.7. The number of thiocarbonyl (C=S) groups is 1. The van der Waals surface area contributed by atoms with Gasteiger partial charge >= 0.3 is 0 Å². The molecule has 0 aliphatic heterocycles. The molecule has 3 rings (SSSR count). The molecule has 1 heterocycles. The van der Waals surface area contributed by atoms with Gasteiger partial charge in [0, 0.05) is 18.5 Å². The molecule has 0 saturated heterocycles. The van der Waals surface area contributed by atoms with Gasteiger partial charge in [-0.2, -0.15) is 5.10 Å². The third-order valence-electron chi connectivity index (χ3n) is 4.89. The van der Waals surface area contributed by atoms with Gasteiger partial charge in [-0.25, -0.2) is 4.68 Å². The first-order valence-electron chi connectivity index (χ1n) is 8.80. The van der Waals surface area contributed by atoms with Crippen molar-refractivity contribution in [2.45, 2.75) is 38.6 Å². The lowest BCUT2D eigenvalue weighted by atomic mass is 9.86. The van der Waals surface area contributed by atoms with Gasteiger partial charge in [-0.1, -0.05) is 38.0 Å². The number of carbonyl (C=O) groups excluding carboxylic acids is 1. The minimum Gasteiger partial charge on any atom is -0.358 e. The van der Waals surface area contributed by atoms with Gasteiger partial charge in [0.2, 0.25) is 0 Å². The summed E-state index contributed by atoms with van der Waals surface area (Å²) in [6.45, 7) is 2.21. The zero-order valence-electron chi connectivity index (χ0n) is 14.9. The number of aryl methyl sites for hydroxylation is 1. The number of hydrazine groups is 1. The van der Waals surface area contributed by atoms with Gasteiger partial charge < -0.3 is 5.32 Å². The number of nitrogens with zero attached hydrogens (tertiary/aromatic N) is 2. The van der Waals surface area contributed by atoms with E-state index in [0.29, 0.717) is 27.8 Å². The normalized spacial score (nSPS) is 19.8. The molecule has 0 radical (unpaired) electrons. The number of rotatable bonds is 2. The van der Waals surface area contributed by atoms with E-state index in [9.17, 15) is 9.59 Å². The summed E-state index contributed by atoms with van der Waals surface area (Å²) >= 11 is 5.29. The maximum atomic E-state index is 12.5. The van der Waals surface area contributed by atoms with Gasteiger partial charge in [0.25, 0.3) is 11.5 Å². The summed E-state index contributed by atoms with van der Waals surface area (Å²) in [4.78, 5) is 24.7. The van der Waals surface area contributed by atoms with E-state index in [-0.39, 0.29) is 11.3 Å². The van der Waals surface area contributed by atoms with Crippen molar-refractivity contribution >= 4 is 34.0 Å².